The van der Waals surface area contributed by atoms with Gasteiger partial charge in [0.2, 0.25) is 0 Å². The highest BCUT2D eigenvalue weighted by Crippen LogP contribution is 2.40. The number of hydrogen-bond donors (Lipinski definition) is 1. The summed E-state index contributed by atoms with van der Waals surface area (Å²) >= 11 is 0. The van der Waals surface area contributed by atoms with Crippen molar-refractivity contribution in [2.45, 2.75) is 37.3 Å². The van der Waals surface area contributed by atoms with Crippen LogP contribution in [0.3, 0.4) is 0 Å². The Kier molecular flexibility index (Phi) is 4.61. The Morgan fingerprint density at radius 3 is 2.44 bits per heavy atom. The van der Waals surface area contributed by atoms with Gasteiger partial charge in [0.1, 0.15) is 6.10 Å². The van der Waals surface area contributed by atoms with Crippen LogP contribution in [0.25, 0.3) is 0 Å². The summed E-state index contributed by atoms with van der Waals surface area (Å²) in [5, 5.41) is 3.13. The first-order valence-corrected chi connectivity index (χ1v) is 9.23. The molecule has 1 aliphatic carbocycles. The van der Waals surface area contributed by atoms with E-state index in [0.717, 1.165) is 19.3 Å². The van der Waals surface area contributed by atoms with Crippen molar-refractivity contribution >= 4 is 11.9 Å². The maximum absolute atomic E-state index is 12.4. The Bertz CT molecular complexity index is 622. The van der Waals surface area contributed by atoms with Crippen molar-refractivity contribution in [2.75, 3.05) is 32.8 Å². The van der Waals surface area contributed by atoms with Crippen LogP contribution in [0.2, 0.25) is 0 Å². The van der Waals surface area contributed by atoms with Gasteiger partial charge in [0.05, 0.1) is 0 Å². The minimum Gasteiger partial charge on any atom is -0.368 e. The topological polar surface area (TPSA) is 61.9 Å². The minimum atomic E-state index is -0.265. The normalized spacial score (nSPS) is 28.7. The van der Waals surface area contributed by atoms with Gasteiger partial charge in [-0.15, -0.1) is 0 Å². The van der Waals surface area contributed by atoms with Crippen LogP contribution in [0.15, 0.2) is 30.3 Å². The number of ether oxygens (including phenoxy) is 1. The average molecular weight is 343 g/mol. The maximum Gasteiger partial charge on any atom is 0.317 e. The smallest absolute Gasteiger partial charge is 0.317 e. The lowest BCUT2D eigenvalue weighted by Gasteiger charge is -2.35. The molecule has 3 aliphatic rings. The number of piperazine rings is 1. The summed E-state index contributed by atoms with van der Waals surface area (Å²) in [6, 6.07) is 10.6. The minimum absolute atomic E-state index is 0.00681. The van der Waals surface area contributed by atoms with E-state index in [0.29, 0.717) is 38.7 Å². The summed E-state index contributed by atoms with van der Waals surface area (Å²) in [6.07, 6.45) is 2.52. The average Bonchev–Trinajstić information content (AvgIpc) is 3.20. The van der Waals surface area contributed by atoms with Gasteiger partial charge in [-0.1, -0.05) is 30.3 Å². The van der Waals surface area contributed by atoms with Crippen LogP contribution in [0.4, 0.5) is 4.79 Å². The van der Waals surface area contributed by atoms with Crippen molar-refractivity contribution in [1.29, 1.82) is 0 Å². The van der Waals surface area contributed by atoms with Gasteiger partial charge in [-0.25, -0.2) is 4.79 Å². The van der Waals surface area contributed by atoms with Gasteiger partial charge in [-0.2, -0.15) is 0 Å². The van der Waals surface area contributed by atoms with Crippen molar-refractivity contribution in [3.8, 4) is 0 Å². The first-order valence-electron chi connectivity index (χ1n) is 9.23. The number of amides is 3. The number of benzene rings is 1. The lowest BCUT2D eigenvalue weighted by molar-refractivity contribution is -0.142. The molecular weight excluding hydrogens is 318 g/mol. The van der Waals surface area contributed by atoms with Crippen LogP contribution in [-0.2, 0) is 9.53 Å². The summed E-state index contributed by atoms with van der Waals surface area (Å²) < 4.78 is 5.47. The van der Waals surface area contributed by atoms with Gasteiger partial charge in [0, 0.05) is 44.7 Å². The Hall–Kier alpha value is -2.08. The van der Waals surface area contributed by atoms with E-state index in [1.807, 2.05) is 28.0 Å². The van der Waals surface area contributed by atoms with Crippen molar-refractivity contribution in [3.05, 3.63) is 35.9 Å². The molecule has 6 nitrogen and oxygen atoms in total. The van der Waals surface area contributed by atoms with Gasteiger partial charge in [-0.3, -0.25) is 4.79 Å². The first kappa shape index (κ1) is 16.4. The van der Waals surface area contributed by atoms with E-state index in [9.17, 15) is 9.59 Å². The van der Waals surface area contributed by atoms with Gasteiger partial charge in [0.25, 0.3) is 5.91 Å². The lowest BCUT2D eigenvalue weighted by atomic mass is 10.1. The van der Waals surface area contributed by atoms with E-state index < -0.39 is 0 Å². The van der Waals surface area contributed by atoms with E-state index in [2.05, 4.69) is 17.4 Å². The van der Waals surface area contributed by atoms with Crippen molar-refractivity contribution in [2.24, 2.45) is 0 Å². The molecular formula is C19H25N3O3. The van der Waals surface area contributed by atoms with Gasteiger partial charge in [-0.05, 0) is 24.8 Å². The molecule has 3 fully saturated rings. The Morgan fingerprint density at radius 1 is 1.04 bits per heavy atom. The van der Waals surface area contributed by atoms with E-state index in [1.165, 1.54) is 5.56 Å². The molecule has 1 aromatic rings. The molecule has 3 amide bonds. The summed E-state index contributed by atoms with van der Waals surface area (Å²) in [4.78, 5) is 28.4. The predicted molar refractivity (Wildman–Crippen MR) is 93.2 cm³/mol. The van der Waals surface area contributed by atoms with E-state index in [-0.39, 0.29) is 24.1 Å². The van der Waals surface area contributed by atoms with Crippen LogP contribution < -0.4 is 5.32 Å². The van der Waals surface area contributed by atoms with Crippen molar-refractivity contribution in [3.63, 3.8) is 0 Å². The highest BCUT2D eigenvalue weighted by Gasteiger charge is 2.40. The van der Waals surface area contributed by atoms with Crippen molar-refractivity contribution in [1.82, 2.24) is 15.1 Å². The quantitative estimate of drug-likeness (QED) is 0.906. The first-order chi connectivity index (χ1) is 12.2. The van der Waals surface area contributed by atoms with E-state index in [4.69, 9.17) is 4.74 Å². The van der Waals surface area contributed by atoms with E-state index in [1.54, 1.807) is 0 Å². The number of urea groups is 1. The fourth-order valence-corrected chi connectivity index (χ4v) is 3.78. The molecule has 0 aromatic heterocycles. The number of carbonyl (C=O) groups is 2. The summed E-state index contributed by atoms with van der Waals surface area (Å²) in [5.41, 5.74) is 1.29. The largest absolute Gasteiger partial charge is 0.368 e. The van der Waals surface area contributed by atoms with Gasteiger partial charge in [0.15, 0.2) is 0 Å². The third kappa shape index (κ3) is 3.63. The molecule has 25 heavy (non-hydrogen) atoms. The van der Waals surface area contributed by atoms with Crippen LogP contribution in [0, 0.1) is 0 Å². The molecule has 1 N–H and O–H groups in total. The molecule has 2 saturated heterocycles. The predicted octanol–water partition coefficient (Wildman–Crippen LogP) is 1.58. The maximum atomic E-state index is 12.4. The highest BCUT2D eigenvalue weighted by atomic mass is 16.5. The van der Waals surface area contributed by atoms with Gasteiger partial charge >= 0.3 is 6.03 Å². The third-order valence-electron chi connectivity index (χ3n) is 5.41. The molecule has 0 spiro atoms. The SMILES string of the molecule is O=C(N[C@@H]1C[C@@H]1c1ccccc1)N1CCN(C(=O)[C@@H]2CCCO2)CC1. The molecule has 2 heterocycles. The zero-order valence-electron chi connectivity index (χ0n) is 14.4. The fourth-order valence-electron chi connectivity index (χ4n) is 3.78. The zero-order valence-corrected chi connectivity index (χ0v) is 14.4. The molecule has 3 atom stereocenters. The lowest BCUT2D eigenvalue weighted by Crippen LogP contribution is -2.55. The fraction of sp³-hybridized carbons (Fsp3) is 0.579. The zero-order chi connectivity index (χ0) is 17.2. The van der Waals surface area contributed by atoms with Crippen LogP contribution in [0.1, 0.15) is 30.7 Å². The monoisotopic (exact) mass is 343 g/mol. The molecule has 0 unspecified atom stereocenters. The Morgan fingerprint density at radius 2 is 1.76 bits per heavy atom. The Labute approximate surface area is 148 Å². The van der Waals surface area contributed by atoms with Crippen LogP contribution in [0.5, 0.6) is 0 Å². The summed E-state index contributed by atoms with van der Waals surface area (Å²) in [6.45, 7) is 3.06. The second-order valence-electron chi connectivity index (χ2n) is 7.12. The second-order valence-corrected chi connectivity index (χ2v) is 7.12. The molecule has 1 saturated carbocycles. The number of carbonyl (C=O) groups excluding carboxylic acids is 2. The summed E-state index contributed by atoms with van der Waals surface area (Å²) in [5.74, 6) is 0.524. The van der Waals surface area contributed by atoms with Crippen molar-refractivity contribution < 1.29 is 14.3 Å². The van der Waals surface area contributed by atoms with E-state index >= 15 is 0 Å². The number of nitrogens with one attached hydrogen (secondary N) is 1. The number of rotatable bonds is 3. The summed E-state index contributed by atoms with van der Waals surface area (Å²) in [7, 11) is 0. The molecule has 0 bridgehead atoms. The molecule has 4 rings (SSSR count). The van der Waals surface area contributed by atoms with Crippen LogP contribution >= 0.6 is 0 Å². The van der Waals surface area contributed by atoms with Crippen LogP contribution in [-0.4, -0.2) is 66.7 Å². The second kappa shape index (κ2) is 7.04. The molecule has 0 radical (unpaired) electrons. The van der Waals surface area contributed by atoms with Gasteiger partial charge < -0.3 is 19.9 Å². The highest BCUT2D eigenvalue weighted by molar-refractivity contribution is 5.82. The molecule has 134 valence electrons. The molecule has 2 aliphatic heterocycles. The molecule has 6 heteroatoms. The number of hydrogen-bond acceptors (Lipinski definition) is 3. The molecule has 1 aromatic carbocycles. The number of nitrogens with zero attached hydrogens (tertiary/aromatic N) is 2. The standard InChI is InChI=1S/C19H25N3O3/c23-18(17-7-4-12-25-17)21-8-10-22(11-9-21)19(24)20-16-13-15(16)14-5-2-1-3-6-14/h1-3,5-6,15-17H,4,7-13H2,(H,20,24)/t15-,16-,17+/m1/s1. The third-order valence-corrected chi connectivity index (χ3v) is 5.41. The Balaban J connectivity index is 1.23.